The van der Waals surface area contributed by atoms with Crippen LogP contribution in [0.15, 0.2) is 35.5 Å². The molecule has 1 fully saturated rings. The molecule has 1 saturated heterocycles. The number of anilines is 2. The standard InChI is InChI=1S/C24H30N4O4S/c1-4-31-21-14-20(28-8-10-30-11-9-28)22(32-5-2)13-19(21)25-23(29)15-33-24-26-17-7-6-16(3)12-18(17)27-24/h6-7,12-14H,4-5,8-11,15H2,1-3H3,(H,25,29)(H,26,27). The summed E-state index contributed by atoms with van der Waals surface area (Å²) in [7, 11) is 0. The highest BCUT2D eigenvalue weighted by Crippen LogP contribution is 2.39. The van der Waals surface area contributed by atoms with Crippen LogP contribution in [0.25, 0.3) is 11.0 Å². The molecular formula is C24H30N4O4S. The molecule has 0 radical (unpaired) electrons. The first-order valence-electron chi connectivity index (χ1n) is 11.2. The van der Waals surface area contributed by atoms with Gasteiger partial charge in [0.1, 0.15) is 11.5 Å². The predicted molar refractivity (Wildman–Crippen MR) is 132 cm³/mol. The molecule has 0 spiro atoms. The van der Waals surface area contributed by atoms with Crippen LogP contribution in [0.4, 0.5) is 11.4 Å². The number of amides is 1. The summed E-state index contributed by atoms with van der Waals surface area (Å²) in [5.74, 6) is 1.43. The topological polar surface area (TPSA) is 88.7 Å². The maximum atomic E-state index is 12.8. The SMILES string of the molecule is CCOc1cc(N2CCOCC2)c(OCC)cc1NC(=O)CSc1nc2ccc(C)cc2[nH]1. The Labute approximate surface area is 198 Å². The molecule has 2 N–H and O–H groups in total. The number of ether oxygens (including phenoxy) is 3. The van der Waals surface area contributed by atoms with Gasteiger partial charge >= 0.3 is 0 Å². The van der Waals surface area contributed by atoms with Gasteiger partial charge in [0.15, 0.2) is 5.16 Å². The van der Waals surface area contributed by atoms with Gasteiger partial charge in [-0.15, -0.1) is 0 Å². The van der Waals surface area contributed by atoms with Crippen molar-refractivity contribution in [3.8, 4) is 11.5 Å². The molecule has 8 nitrogen and oxygen atoms in total. The molecule has 3 aromatic rings. The Hall–Kier alpha value is -2.91. The molecule has 2 heterocycles. The first-order valence-corrected chi connectivity index (χ1v) is 12.2. The Morgan fingerprint density at radius 1 is 1.15 bits per heavy atom. The lowest BCUT2D eigenvalue weighted by Crippen LogP contribution is -2.36. The van der Waals surface area contributed by atoms with E-state index in [1.807, 2.05) is 51.1 Å². The van der Waals surface area contributed by atoms with E-state index in [0.29, 0.717) is 43.0 Å². The molecule has 0 unspecified atom stereocenters. The van der Waals surface area contributed by atoms with Gasteiger partial charge in [0, 0.05) is 25.2 Å². The van der Waals surface area contributed by atoms with Crippen molar-refractivity contribution in [3.05, 3.63) is 35.9 Å². The molecule has 9 heteroatoms. The minimum atomic E-state index is -0.140. The summed E-state index contributed by atoms with van der Waals surface area (Å²) < 4.78 is 17.3. The number of benzene rings is 2. The third-order valence-corrected chi connectivity index (χ3v) is 6.12. The number of imidazole rings is 1. The molecule has 0 aliphatic carbocycles. The van der Waals surface area contributed by atoms with Crippen LogP contribution in [-0.2, 0) is 9.53 Å². The third-order valence-electron chi connectivity index (χ3n) is 5.24. The Bertz CT molecular complexity index is 1110. The number of morpholine rings is 1. The normalized spacial score (nSPS) is 13.8. The molecule has 1 aliphatic heterocycles. The van der Waals surface area contributed by atoms with E-state index in [9.17, 15) is 4.79 Å². The fraction of sp³-hybridized carbons (Fsp3) is 0.417. The summed E-state index contributed by atoms with van der Waals surface area (Å²) in [6.07, 6.45) is 0. The number of hydrogen-bond donors (Lipinski definition) is 2. The Morgan fingerprint density at radius 3 is 2.67 bits per heavy atom. The predicted octanol–water partition coefficient (Wildman–Crippen LogP) is 4.24. The van der Waals surface area contributed by atoms with E-state index in [4.69, 9.17) is 14.2 Å². The first-order chi connectivity index (χ1) is 16.1. The van der Waals surface area contributed by atoms with Crippen molar-refractivity contribution in [2.24, 2.45) is 0 Å². The highest BCUT2D eigenvalue weighted by molar-refractivity contribution is 7.99. The van der Waals surface area contributed by atoms with E-state index in [1.165, 1.54) is 11.8 Å². The maximum Gasteiger partial charge on any atom is 0.234 e. The van der Waals surface area contributed by atoms with Crippen LogP contribution in [0.5, 0.6) is 11.5 Å². The zero-order valence-corrected chi connectivity index (χ0v) is 20.1. The van der Waals surface area contributed by atoms with E-state index >= 15 is 0 Å². The van der Waals surface area contributed by atoms with Crippen molar-refractivity contribution in [1.29, 1.82) is 0 Å². The Morgan fingerprint density at radius 2 is 1.91 bits per heavy atom. The number of nitrogens with zero attached hydrogens (tertiary/aromatic N) is 2. The first kappa shape index (κ1) is 23.3. The van der Waals surface area contributed by atoms with E-state index < -0.39 is 0 Å². The van der Waals surface area contributed by atoms with Crippen molar-refractivity contribution in [2.45, 2.75) is 25.9 Å². The number of aromatic amines is 1. The molecular weight excluding hydrogens is 440 g/mol. The number of fused-ring (bicyclic) bond motifs is 1. The van der Waals surface area contributed by atoms with Gasteiger partial charge in [0.25, 0.3) is 0 Å². The van der Waals surface area contributed by atoms with Crippen LogP contribution in [0.2, 0.25) is 0 Å². The van der Waals surface area contributed by atoms with Crippen molar-refractivity contribution in [2.75, 3.05) is 55.5 Å². The third kappa shape index (κ3) is 5.72. The number of aromatic nitrogens is 2. The van der Waals surface area contributed by atoms with E-state index in [1.54, 1.807) is 0 Å². The van der Waals surface area contributed by atoms with Crippen LogP contribution in [-0.4, -0.2) is 61.1 Å². The molecule has 1 amide bonds. The van der Waals surface area contributed by atoms with Crippen molar-refractivity contribution in [1.82, 2.24) is 9.97 Å². The van der Waals surface area contributed by atoms with Gasteiger partial charge in [0.05, 0.1) is 54.6 Å². The number of carbonyl (C=O) groups is 1. The summed E-state index contributed by atoms with van der Waals surface area (Å²) in [5, 5.41) is 3.70. The average molecular weight is 471 g/mol. The lowest BCUT2D eigenvalue weighted by atomic mass is 10.2. The van der Waals surface area contributed by atoms with Crippen LogP contribution < -0.4 is 19.7 Å². The lowest BCUT2D eigenvalue weighted by molar-refractivity contribution is -0.113. The van der Waals surface area contributed by atoms with Gasteiger partial charge in [-0.25, -0.2) is 4.98 Å². The number of thioether (sulfide) groups is 1. The molecule has 0 saturated carbocycles. The molecule has 1 aliphatic rings. The number of carbonyl (C=O) groups excluding carboxylic acids is 1. The zero-order chi connectivity index (χ0) is 23.2. The smallest absolute Gasteiger partial charge is 0.234 e. The molecule has 2 aromatic carbocycles. The van der Waals surface area contributed by atoms with Crippen molar-refractivity contribution < 1.29 is 19.0 Å². The molecule has 33 heavy (non-hydrogen) atoms. The maximum absolute atomic E-state index is 12.8. The summed E-state index contributed by atoms with van der Waals surface area (Å²) in [6.45, 7) is 9.85. The molecule has 0 atom stereocenters. The van der Waals surface area contributed by atoms with Crippen molar-refractivity contribution in [3.63, 3.8) is 0 Å². The molecule has 176 valence electrons. The van der Waals surface area contributed by atoms with Gasteiger partial charge in [-0.1, -0.05) is 17.8 Å². The molecule has 1 aromatic heterocycles. The van der Waals surface area contributed by atoms with Gasteiger partial charge < -0.3 is 29.4 Å². The fourth-order valence-electron chi connectivity index (χ4n) is 3.73. The number of aryl methyl sites for hydroxylation is 1. The number of hydrogen-bond acceptors (Lipinski definition) is 7. The van der Waals surface area contributed by atoms with E-state index in [0.717, 1.165) is 41.1 Å². The second-order valence-electron chi connectivity index (χ2n) is 7.68. The summed E-state index contributed by atoms with van der Waals surface area (Å²) in [5.41, 5.74) is 4.57. The second-order valence-corrected chi connectivity index (χ2v) is 8.64. The number of H-pyrrole nitrogens is 1. The van der Waals surface area contributed by atoms with Crippen LogP contribution >= 0.6 is 11.8 Å². The minimum absolute atomic E-state index is 0.140. The minimum Gasteiger partial charge on any atom is -0.492 e. The van der Waals surface area contributed by atoms with Gasteiger partial charge in [-0.05, 0) is 38.5 Å². The monoisotopic (exact) mass is 470 g/mol. The molecule has 0 bridgehead atoms. The Balaban J connectivity index is 1.49. The summed E-state index contributed by atoms with van der Waals surface area (Å²) in [6, 6.07) is 9.85. The summed E-state index contributed by atoms with van der Waals surface area (Å²) >= 11 is 1.37. The van der Waals surface area contributed by atoms with E-state index in [-0.39, 0.29) is 11.7 Å². The largest absolute Gasteiger partial charge is 0.492 e. The lowest BCUT2D eigenvalue weighted by Gasteiger charge is -2.31. The number of nitrogens with one attached hydrogen (secondary N) is 2. The van der Waals surface area contributed by atoms with Crippen LogP contribution in [0.3, 0.4) is 0 Å². The average Bonchev–Trinajstić information content (AvgIpc) is 3.22. The highest BCUT2D eigenvalue weighted by Gasteiger charge is 2.20. The molecule has 4 rings (SSSR count). The van der Waals surface area contributed by atoms with Crippen molar-refractivity contribution >= 4 is 40.1 Å². The summed E-state index contributed by atoms with van der Waals surface area (Å²) in [4.78, 5) is 22.8. The Kier molecular flexibility index (Phi) is 7.61. The van der Waals surface area contributed by atoms with Gasteiger partial charge in [-0.3, -0.25) is 4.79 Å². The zero-order valence-electron chi connectivity index (χ0n) is 19.3. The second kappa shape index (κ2) is 10.8. The van der Waals surface area contributed by atoms with Crippen LogP contribution in [0, 0.1) is 6.92 Å². The number of rotatable bonds is 9. The highest BCUT2D eigenvalue weighted by atomic mass is 32.2. The van der Waals surface area contributed by atoms with E-state index in [2.05, 4.69) is 20.2 Å². The fourth-order valence-corrected chi connectivity index (χ4v) is 4.42. The van der Waals surface area contributed by atoms with Crippen LogP contribution in [0.1, 0.15) is 19.4 Å². The quantitative estimate of drug-likeness (QED) is 0.452. The van der Waals surface area contributed by atoms with Gasteiger partial charge in [-0.2, -0.15) is 0 Å². The van der Waals surface area contributed by atoms with Gasteiger partial charge in [0.2, 0.25) is 5.91 Å².